The molecule has 434 valence electrons. The van der Waals surface area contributed by atoms with Crippen molar-refractivity contribution in [1.82, 2.24) is 25.0 Å². The number of aryl methyl sites for hydroxylation is 1. The van der Waals surface area contributed by atoms with Crippen molar-refractivity contribution in [2.24, 2.45) is 5.92 Å². The van der Waals surface area contributed by atoms with E-state index in [0.29, 0.717) is 81.8 Å². The Kier molecular flexibility index (Phi) is 20.9. The molecule has 3 aliphatic heterocycles. The fourth-order valence-electron chi connectivity index (χ4n) is 9.92. The van der Waals surface area contributed by atoms with E-state index in [1.807, 2.05) is 51.1 Å². The fourth-order valence-corrected chi connectivity index (χ4v) is 11.6. The van der Waals surface area contributed by atoms with E-state index in [9.17, 15) is 42.3 Å². The maximum Gasteiger partial charge on any atom is 0.420 e. The molecule has 0 saturated carbocycles. The van der Waals surface area contributed by atoms with Gasteiger partial charge in [-0.05, 0) is 128 Å². The van der Waals surface area contributed by atoms with Gasteiger partial charge in [-0.1, -0.05) is 50.2 Å². The predicted octanol–water partition coefficient (Wildman–Crippen LogP) is 10.6. The molecule has 4 heterocycles. The highest BCUT2D eigenvalue weighted by Gasteiger charge is 2.46. The number of aromatic nitrogens is 1. The van der Waals surface area contributed by atoms with Crippen molar-refractivity contribution >= 4 is 58.0 Å². The number of hydrogen-bond donors (Lipinski definition) is 2. The van der Waals surface area contributed by atoms with E-state index in [0.717, 1.165) is 64.4 Å². The standard InChI is InChI=1S/C60H65F3N6O11S2/c1-37(2)53(69-34-43-13-5-6-14-45(43)56(69)72)58(74)68-35-44(70)31-47(68)55(71)65-33-42-18-17-41(54-38(3)66-36-81-54)30-50(42)79-26-12-11-25-78-24-10-9-23-77-22-8-7-21-67-57(73)52(82-59(67)75)29-39-15-20-49(51(28-39)76-4)80-48-19-16-40(32-64)27-46(48)60(61,62)63/h5-6,13-20,27-30,36-37,44,47,53,70H,7-12,21-26,31,33-35H2,1-4H3,(H,65,71)/b52-29-/t44-,47+,53+/m1/s1. The van der Waals surface area contributed by atoms with Gasteiger partial charge in [0.05, 0.1) is 58.0 Å². The molecule has 0 aliphatic carbocycles. The van der Waals surface area contributed by atoms with E-state index < -0.39 is 52.7 Å². The van der Waals surface area contributed by atoms with Crippen LogP contribution in [0.1, 0.15) is 103 Å². The van der Waals surface area contributed by atoms with Gasteiger partial charge in [-0.2, -0.15) is 18.4 Å². The van der Waals surface area contributed by atoms with Crippen LogP contribution < -0.4 is 19.5 Å². The molecular weight excluding hydrogens is 1100 g/mol. The van der Waals surface area contributed by atoms with Crippen LogP contribution in [0.4, 0.5) is 18.0 Å². The number of benzene rings is 4. The molecule has 5 amide bonds. The SMILES string of the molecule is COc1cc(/C=C2\SC(=O)N(CCCCOCCCCOCCCCOc3cc(-c4scnc4C)ccc3CNC(=O)[C@@H]3C[C@@H](O)CN3C(=O)[C@H](C(C)C)N3Cc4ccccc4C3=O)C2=O)ccc1Oc1ccc(C#N)cc1C(F)(F)F. The molecule has 2 saturated heterocycles. The number of nitrogens with one attached hydrogen (secondary N) is 1. The summed E-state index contributed by atoms with van der Waals surface area (Å²) in [5.41, 5.74) is 4.94. The van der Waals surface area contributed by atoms with E-state index in [-0.39, 0.29) is 65.8 Å². The van der Waals surface area contributed by atoms with Crippen LogP contribution in [0.3, 0.4) is 0 Å². The number of thioether (sulfide) groups is 1. The molecule has 82 heavy (non-hydrogen) atoms. The Hall–Kier alpha value is -7.29. The second kappa shape index (κ2) is 28.1. The van der Waals surface area contributed by atoms with Crippen molar-refractivity contribution in [2.75, 3.05) is 53.2 Å². The van der Waals surface area contributed by atoms with E-state index >= 15 is 0 Å². The number of halogens is 3. The summed E-state index contributed by atoms with van der Waals surface area (Å²) in [6.07, 6.45) is 0.131. The zero-order valence-corrected chi connectivity index (χ0v) is 47.6. The molecule has 3 aliphatic rings. The lowest BCUT2D eigenvalue weighted by Crippen LogP contribution is -2.55. The minimum Gasteiger partial charge on any atom is -0.493 e. The van der Waals surface area contributed by atoms with Gasteiger partial charge in [0, 0.05) is 70.2 Å². The molecule has 0 spiro atoms. The maximum atomic E-state index is 14.3. The van der Waals surface area contributed by atoms with Gasteiger partial charge in [0.2, 0.25) is 11.8 Å². The number of fused-ring (bicyclic) bond motifs is 1. The first-order chi connectivity index (χ1) is 39.4. The number of carbonyl (C=O) groups is 5. The summed E-state index contributed by atoms with van der Waals surface area (Å²) in [7, 11) is 1.32. The van der Waals surface area contributed by atoms with Crippen molar-refractivity contribution in [1.29, 1.82) is 5.26 Å². The first kappa shape index (κ1) is 60.8. The van der Waals surface area contributed by atoms with Crippen molar-refractivity contribution in [3.05, 3.63) is 128 Å². The lowest BCUT2D eigenvalue weighted by Gasteiger charge is -2.35. The number of aliphatic hydroxyl groups excluding tert-OH is 1. The number of imide groups is 1. The number of methoxy groups -OCH3 is 1. The molecule has 3 atom stereocenters. The Morgan fingerprint density at radius 2 is 1.59 bits per heavy atom. The summed E-state index contributed by atoms with van der Waals surface area (Å²) in [5, 5.41) is 22.4. The summed E-state index contributed by atoms with van der Waals surface area (Å²) in [6.45, 7) is 8.80. The Balaban J connectivity index is 0.718. The third-order valence-electron chi connectivity index (χ3n) is 14.1. The highest BCUT2D eigenvalue weighted by Crippen LogP contribution is 2.42. The number of nitriles is 1. The van der Waals surface area contributed by atoms with Crippen LogP contribution in [0.25, 0.3) is 16.5 Å². The molecule has 0 bridgehead atoms. The second-order valence-corrected chi connectivity index (χ2v) is 22.2. The average Bonchev–Trinajstić information content (AvgIpc) is 4.09. The van der Waals surface area contributed by atoms with Gasteiger partial charge in [0.1, 0.15) is 23.6 Å². The van der Waals surface area contributed by atoms with Gasteiger partial charge in [-0.3, -0.25) is 28.9 Å². The third-order valence-corrected chi connectivity index (χ3v) is 16.0. The summed E-state index contributed by atoms with van der Waals surface area (Å²) < 4.78 is 70.2. The number of unbranched alkanes of at least 4 members (excludes halogenated alkanes) is 3. The van der Waals surface area contributed by atoms with E-state index in [2.05, 4.69) is 10.3 Å². The van der Waals surface area contributed by atoms with E-state index in [1.54, 1.807) is 28.6 Å². The minimum atomic E-state index is -4.78. The zero-order chi connectivity index (χ0) is 58.5. The molecular formula is C60H65F3N6O11S2. The quantitative estimate of drug-likeness (QED) is 0.0370. The summed E-state index contributed by atoms with van der Waals surface area (Å²) in [6, 6.07) is 20.5. The van der Waals surface area contributed by atoms with Crippen LogP contribution in [0.15, 0.2) is 89.3 Å². The fraction of sp³-hybridized carbons (Fsp3) is 0.417. The first-order valence-corrected chi connectivity index (χ1v) is 28.8. The van der Waals surface area contributed by atoms with Gasteiger partial charge in [-0.15, -0.1) is 11.3 Å². The molecule has 0 unspecified atom stereocenters. The largest absolute Gasteiger partial charge is 0.493 e. The molecule has 2 fully saturated rings. The summed E-state index contributed by atoms with van der Waals surface area (Å²) >= 11 is 2.32. The van der Waals surface area contributed by atoms with Crippen molar-refractivity contribution in [3.63, 3.8) is 0 Å². The van der Waals surface area contributed by atoms with Gasteiger partial charge >= 0.3 is 6.18 Å². The molecule has 4 aromatic carbocycles. The van der Waals surface area contributed by atoms with Crippen molar-refractivity contribution in [3.8, 4) is 39.5 Å². The van der Waals surface area contributed by atoms with Crippen LogP contribution >= 0.6 is 23.1 Å². The number of ether oxygens (including phenoxy) is 5. The number of carbonyl (C=O) groups excluding carboxylic acids is 5. The number of alkyl halides is 3. The van der Waals surface area contributed by atoms with Gasteiger partial charge < -0.3 is 43.9 Å². The van der Waals surface area contributed by atoms with Gasteiger partial charge in [0.25, 0.3) is 17.1 Å². The maximum absolute atomic E-state index is 14.3. The first-order valence-electron chi connectivity index (χ1n) is 27.1. The number of nitrogens with zero attached hydrogens (tertiary/aromatic N) is 5. The predicted molar refractivity (Wildman–Crippen MR) is 302 cm³/mol. The van der Waals surface area contributed by atoms with Crippen molar-refractivity contribution < 1.29 is 65.9 Å². The molecule has 5 aromatic rings. The number of rotatable bonds is 27. The minimum absolute atomic E-state index is 0.0141. The molecule has 2 N–H and O–H groups in total. The smallest absolute Gasteiger partial charge is 0.420 e. The normalized spacial score (nSPS) is 17.0. The van der Waals surface area contributed by atoms with Crippen LogP contribution in [0.5, 0.6) is 23.0 Å². The number of β-amino-alcohol motifs (C(OH)–C–C–N with tert-alkyl or cyclic N) is 1. The van der Waals surface area contributed by atoms with E-state index in [1.165, 1.54) is 58.6 Å². The number of aliphatic hydroxyl groups is 1. The topological polar surface area (TPSA) is 210 Å². The number of hydrogen-bond acceptors (Lipinski definition) is 15. The van der Waals surface area contributed by atoms with E-state index in [4.69, 9.17) is 28.9 Å². The highest BCUT2D eigenvalue weighted by atomic mass is 32.2. The lowest BCUT2D eigenvalue weighted by atomic mass is 10.0. The second-order valence-electron chi connectivity index (χ2n) is 20.3. The third kappa shape index (κ3) is 15.0. The molecule has 1 aromatic heterocycles. The molecule has 17 nitrogen and oxygen atoms in total. The highest BCUT2D eigenvalue weighted by molar-refractivity contribution is 8.18. The number of thiazole rings is 1. The van der Waals surface area contributed by atoms with Crippen LogP contribution in [0, 0.1) is 24.2 Å². The Bertz CT molecular complexity index is 3200. The van der Waals surface area contributed by atoms with Crippen LogP contribution in [0.2, 0.25) is 0 Å². The van der Waals surface area contributed by atoms with Crippen LogP contribution in [-0.2, 0) is 43.1 Å². The lowest BCUT2D eigenvalue weighted by molar-refractivity contribution is -0.143. The Morgan fingerprint density at radius 3 is 2.26 bits per heavy atom. The summed E-state index contributed by atoms with van der Waals surface area (Å²) in [4.78, 5) is 77.4. The average molecular weight is 1170 g/mol. The zero-order valence-electron chi connectivity index (χ0n) is 46.0. The summed E-state index contributed by atoms with van der Waals surface area (Å²) in [5.74, 6) is -1.54. The van der Waals surface area contributed by atoms with Crippen molar-refractivity contribution in [2.45, 2.75) is 103 Å². The molecule has 0 radical (unpaired) electrons. The molecule has 22 heteroatoms. The van der Waals surface area contributed by atoms with Crippen LogP contribution in [-0.4, -0.2) is 125 Å². The monoisotopic (exact) mass is 1170 g/mol. The molecule has 8 rings (SSSR count). The number of likely N-dealkylation sites (tertiary alicyclic amines) is 1. The Labute approximate surface area is 482 Å². The van der Waals surface area contributed by atoms with Gasteiger partial charge in [-0.25, -0.2) is 4.98 Å². The van der Waals surface area contributed by atoms with Gasteiger partial charge in [0.15, 0.2) is 11.5 Å². The number of amides is 5. The Morgan fingerprint density at radius 1 is 0.878 bits per heavy atom.